The molecule has 2 rings (SSSR count). The summed E-state index contributed by atoms with van der Waals surface area (Å²) in [5, 5.41) is 3.79. The van der Waals surface area contributed by atoms with Crippen molar-refractivity contribution < 1.29 is 0 Å². The van der Waals surface area contributed by atoms with Crippen LogP contribution < -0.4 is 5.32 Å². The molecule has 0 aromatic carbocycles. The standard InChI is InChI=1S/C18H36N2/c1-5-16-12-19-17(14(3)4)13-20(16)18(6-2)15-10-8-7-9-11-15/h14-19H,5-13H2,1-4H3. The van der Waals surface area contributed by atoms with Crippen LogP contribution in [0, 0.1) is 11.8 Å². The fourth-order valence-corrected chi connectivity index (χ4v) is 4.43. The summed E-state index contributed by atoms with van der Waals surface area (Å²) < 4.78 is 0. The van der Waals surface area contributed by atoms with E-state index in [0.29, 0.717) is 6.04 Å². The summed E-state index contributed by atoms with van der Waals surface area (Å²) in [6, 6.07) is 2.29. The molecule has 1 saturated carbocycles. The van der Waals surface area contributed by atoms with Crippen LogP contribution in [0.1, 0.15) is 72.6 Å². The molecule has 1 heterocycles. The van der Waals surface area contributed by atoms with Gasteiger partial charge >= 0.3 is 0 Å². The highest BCUT2D eigenvalue weighted by molar-refractivity contribution is 4.92. The van der Waals surface area contributed by atoms with Gasteiger partial charge in [-0.3, -0.25) is 4.90 Å². The zero-order valence-corrected chi connectivity index (χ0v) is 14.2. The minimum absolute atomic E-state index is 0.690. The second-order valence-electron chi connectivity index (χ2n) is 7.39. The van der Waals surface area contributed by atoms with E-state index < -0.39 is 0 Å². The summed E-state index contributed by atoms with van der Waals surface area (Å²) in [7, 11) is 0. The van der Waals surface area contributed by atoms with E-state index >= 15 is 0 Å². The zero-order chi connectivity index (χ0) is 14.5. The van der Waals surface area contributed by atoms with Gasteiger partial charge in [0.15, 0.2) is 0 Å². The molecule has 20 heavy (non-hydrogen) atoms. The molecule has 2 nitrogen and oxygen atoms in total. The Morgan fingerprint density at radius 1 is 1.10 bits per heavy atom. The molecule has 1 N–H and O–H groups in total. The third kappa shape index (κ3) is 3.76. The van der Waals surface area contributed by atoms with Gasteiger partial charge in [-0.05, 0) is 37.5 Å². The number of rotatable bonds is 5. The predicted octanol–water partition coefficient (Wildman–Crippen LogP) is 4.05. The molecular formula is C18H36N2. The van der Waals surface area contributed by atoms with Gasteiger partial charge in [0.25, 0.3) is 0 Å². The molecule has 2 fully saturated rings. The summed E-state index contributed by atoms with van der Waals surface area (Å²) in [6.07, 6.45) is 10.00. The Morgan fingerprint density at radius 3 is 2.35 bits per heavy atom. The van der Waals surface area contributed by atoms with Crippen molar-refractivity contribution >= 4 is 0 Å². The van der Waals surface area contributed by atoms with Gasteiger partial charge in [-0.1, -0.05) is 47.0 Å². The summed E-state index contributed by atoms with van der Waals surface area (Å²) in [6.45, 7) is 12.0. The number of hydrogen-bond acceptors (Lipinski definition) is 2. The molecule has 1 saturated heterocycles. The van der Waals surface area contributed by atoms with Gasteiger partial charge in [-0.25, -0.2) is 0 Å². The molecule has 0 radical (unpaired) electrons. The van der Waals surface area contributed by atoms with Crippen molar-refractivity contribution in [1.29, 1.82) is 0 Å². The third-order valence-electron chi connectivity index (χ3n) is 5.81. The van der Waals surface area contributed by atoms with Gasteiger partial charge in [-0.15, -0.1) is 0 Å². The monoisotopic (exact) mass is 280 g/mol. The average molecular weight is 280 g/mol. The second-order valence-corrected chi connectivity index (χ2v) is 7.39. The molecule has 1 aliphatic heterocycles. The average Bonchev–Trinajstić information content (AvgIpc) is 2.49. The molecule has 0 amide bonds. The first kappa shape index (κ1) is 16.3. The molecule has 3 atom stereocenters. The van der Waals surface area contributed by atoms with Gasteiger partial charge in [0, 0.05) is 31.2 Å². The van der Waals surface area contributed by atoms with Crippen molar-refractivity contribution in [2.24, 2.45) is 11.8 Å². The smallest absolute Gasteiger partial charge is 0.0221 e. The first-order valence-electron chi connectivity index (χ1n) is 9.16. The normalized spacial score (nSPS) is 31.6. The fourth-order valence-electron chi connectivity index (χ4n) is 4.43. The lowest BCUT2D eigenvalue weighted by Gasteiger charge is -2.48. The maximum absolute atomic E-state index is 3.79. The van der Waals surface area contributed by atoms with Crippen LogP contribution in [0.3, 0.4) is 0 Å². The number of piperazine rings is 1. The van der Waals surface area contributed by atoms with Crippen LogP contribution >= 0.6 is 0 Å². The van der Waals surface area contributed by atoms with Gasteiger partial charge in [-0.2, -0.15) is 0 Å². The van der Waals surface area contributed by atoms with Gasteiger partial charge < -0.3 is 5.32 Å². The summed E-state index contributed by atoms with van der Waals surface area (Å²) in [5.74, 6) is 1.72. The Kier molecular flexibility index (Phi) is 6.35. The first-order valence-corrected chi connectivity index (χ1v) is 9.16. The van der Waals surface area contributed by atoms with Crippen molar-refractivity contribution in [2.45, 2.75) is 90.8 Å². The highest BCUT2D eigenvalue weighted by atomic mass is 15.3. The summed E-state index contributed by atoms with van der Waals surface area (Å²) >= 11 is 0. The maximum Gasteiger partial charge on any atom is 0.0221 e. The molecule has 0 aromatic rings. The lowest BCUT2D eigenvalue weighted by atomic mass is 9.81. The van der Waals surface area contributed by atoms with Gasteiger partial charge in [0.2, 0.25) is 0 Å². The molecule has 1 aliphatic carbocycles. The maximum atomic E-state index is 3.79. The van der Waals surface area contributed by atoms with Crippen LogP contribution in [0.5, 0.6) is 0 Å². The molecule has 0 bridgehead atoms. The fraction of sp³-hybridized carbons (Fsp3) is 1.00. The van der Waals surface area contributed by atoms with Crippen LogP contribution in [0.4, 0.5) is 0 Å². The molecule has 0 spiro atoms. The Labute approximate surface area is 126 Å². The Balaban J connectivity index is 2.06. The minimum atomic E-state index is 0.690. The molecule has 3 unspecified atom stereocenters. The molecule has 118 valence electrons. The van der Waals surface area contributed by atoms with E-state index in [2.05, 4.69) is 37.9 Å². The van der Waals surface area contributed by atoms with E-state index in [0.717, 1.165) is 23.9 Å². The number of nitrogens with one attached hydrogen (secondary N) is 1. The van der Waals surface area contributed by atoms with Crippen LogP contribution in [0.25, 0.3) is 0 Å². The van der Waals surface area contributed by atoms with Crippen molar-refractivity contribution in [2.75, 3.05) is 13.1 Å². The van der Waals surface area contributed by atoms with E-state index in [9.17, 15) is 0 Å². The van der Waals surface area contributed by atoms with Gasteiger partial charge in [0.05, 0.1) is 0 Å². The van der Waals surface area contributed by atoms with Crippen molar-refractivity contribution in [3.05, 3.63) is 0 Å². The highest BCUT2D eigenvalue weighted by Crippen LogP contribution is 2.33. The van der Waals surface area contributed by atoms with E-state index in [1.165, 1.54) is 58.0 Å². The zero-order valence-electron chi connectivity index (χ0n) is 14.2. The van der Waals surface area contributed by atoms with Crippen molar-refractivity contribution in [1.82, 2.24) is 10.2 Å². The Hall–Kier alpha value is -0.0800. The number of nitrogens with zero attached hydrogens (tertiary/aromatic N) is 1. The van der Waals surface area contributed by atoms with Crippen LogP contribution in [0.15, 0.2) is 0 Å². The molecule has 0 aromatic heterocycles. The lowest BCUT2D eigenvalue weighted by Crippen LogP contribution is -2.61. The van der Waals surface area contributed by atoms with E-state index in [4.69, 9.17) is 0 Å². The van der Waals surface area contributed by atoms with E-state index in [1.54, 1.807) is 0 Å². The molecular weight excluding hydrogens is 244 g/mol. The minimum Gasteiger partial charge on any atom is -0.311 e. The highest BCUT2D eigenvalue weighted by Gasteiger charge is 2.35. The second kappa shape index (κ2) is 7.79. The Bertz CT molecular complexity index is 271. The topological polar surface area (TPSA) is 15.3 Å². The van der Waals surface area contributed by atoms with E-state index in [-0.39, 0.29) is 0 Å². The SMILES string of the molecule is CCC1CNC(C(C)C)CN1C(CC)C1CCCCC1. The molecule has 2 aliphatic rings. The summed E-state index contributed by atoms with van der Waals surface area (Å²) in [4.78, 5) is 2.90. The predicted molar refractivity (Wildman–Crippen MR) is 88.1 cm³/mol. The lowest BCUT2D eigenvalue weighted by molar-refractivity contribution is 0.0278. The quantitative estimate of drug-likeness (QED) is 0.817. The molecule has 2 heteroatoms. The van der Waals surface area contributed by atoms with Crippen LogP contribution in [0.2, 0.25) is 0 Å². The van der Waals surface area contributed by atoms with E-state index in [1.807, 2.05) is 0 Å². The first-order chi connectivity index (χ1) is 9.67. The Morgan fingerprint density at radius 2 is 1.80 bits per heavy atom. The largest absolute Gasteiger partial charge is 0.311 e. The van der Waals surface area contributed by atoms with Gasteiger partial charge in [0.1, 0.15) is 0 Å². The van der Waals surface area contributed by atoms with Crippen molar-refractivity contribution in [3.63, 3.8) is 0 Å². The van der Waals surface area contributed by atoms with Crippen LogP contribution in [-0.4, -0.2) is 36.1 Å². The third-order valence-corrected chi connectivity index (χ3v) is 5.81. The van der Waals surface area contributed by atoms with Crippen molar-refractivity contribution in [3.8, 4) is 0 Å². The van der Waals surface area contributed by atoms with Crippen LogP contribution in [-0.2, 0) is 0 Å². The summed E-state index contributed by atoms with van der Waals surface area (Å²) in [5.41, 5.74) is 0. The number of hydrogen-bond donors (Lipinski definition) is 1.